The molecule has 0 aromatic heterocycles. The fourth-order valence-electron chi connectivity index (χ4n) is 5.43. The number of rotatable bonds is 6. The number of primary amides is 1. The molecule has 5 nitrogen and oxygen atoms in total. The van der Waals surface area contributed by atoms with Crippen molar-refractivity contribution in [3.05, 3.63) is 94.8 Å². The van der Waals surface area contributed by atoms with Crippen molar-refractivity contribution in [1.29, 1.82) is 0 Å². The maximum Gasteiger partial charge on any atom is 0.338 e. The summed E-state index contributed by atoms with van der Waals surface area (Å²) in [6, 6.07) is 19.4. The molecule has 0 radical (unpaired) electrons. The first-order valence-corrected chi connectivity index (χ1v) is 12.7. The van der Waals surface area contributed by atoms with Gasteiger partial charge in [0, 0.05) is 6.54 Å². The van der Waals surface area contributed by atoms with E-state index in [2.05, 4.69) is 17.0 Å². The Kier molecular flexibility index (Phi) is 7.14. The molecular weight excluding hydrogens is 455 g/mol. The summed E-state index contributed by atoms with van der Waals surface area (Å²) >= 11 is 0. The van der Waals surface area contributed by atoms with Crippen LogP contribution in [0.15, 0.2) is 66.7 Å². The van der Waals surface area contributed by atoms with E-state index in [1.807, 2.05) is 6.07 Å². The molecule has 3 aromatic rings. The van der Waals surface area contributed by atoms with Crippen LogP contribution in [0.5, 0.6) is 0 Å². The van der Waals surface area contributed by atoms with E-state index in [9.17, 15) is 14.0 Å². The second-order valence-corrected chi connectivity index (χ2v) is 9.82. The highest BCUT2D eigenvalue weighted by atomic mass is 19.1. The van der Waals surface area contributed by atoms with Crippen LogP contribution < -0.4 is 5.73 Å². The molecule has 36 heavy (non-hydrogen) atoms. The minimum Gasteiger partial charge on any atom is -0.458 e. The van der Waals surface area contributed by atoms with Crippen molar-refractivity contribution in [2.24, 2.45) is 5.73 Å². The first-order chi connectivity index (χ1) is 17.5. The van der Waals surface area contributed by atoms with Gasteiger partial charge in [-0.15, -0.1) is 0 Å². The quantitative estimate of drug-likeness (QED) is 0.485. The second-order valence-electron chi connectivity index (χ2n) is 9.82. The third-order valence-corrected chi connectivity index (χ3v) is 7.33. The number of benzene rings is 3. The molecule has 0 saturated carbocycles. The summed E-state index contributed by atoms with van der Waals surface area (Å²) in [6.45, 7) is 3.18. The van der Waals surface area contributed by atoms with Gasteiger partial charge >= 0.3 is 5.97 Å². The van der Waals surface area contributed by atoms with Gasteiger partial charge in [0.1, 0.15) is 11.9 Å². The minimum absolute atomic E-state index is 0.296. The topological polar surface area (TPSA) is 72.6 Å². The molecule has 1 saturated heterocycles. The fraction of sp³-hybridized carbons (Fsp3) is 0.333. The van der Waals surface area contributed by atoms with Crippen molar-refractivity contribution >= 4 is 11.9 Å². The van der Waals surface area contributed by atoms with Gasteiger partial charge in [-0.3, -0.25) is 9.69 Å². The van der Waals surface area contributed by atoms with Gasteiger partial charge in [-0.05, 0) is 90.9 Å². The number of likely N-dealkylation sites (tertiary alicyclic amines) is 1. The van der Waals surface area contributed by atoms with Crippen molar-refractivity contribution in [1.82, 2.24) is 4.90 Å². The number of esters is 1. The van der Waals surface area contributed by atoms with Crippen LogP contribution >= 0.6 is 0 Å². The van der Waals surface area contributed by atoms with Gasteiger partial charge in [0.25, 0.3) is 0 Å². The Morgan fingerprint density at radius 3 is 2.25 bits per heavy atom. The first kappa shape index (κ1) is 24.2. The summed E-state index contributed by atoms with van der Waals surface area (Å²) in [7, 11) is 0. The van der Waals surface area contributed by atoms with Crippen LogP contribution in [0.4, 0.5) is 4.39 Å². The van der Waals surface area contributed by atoms with Gasteiger partial charge in [-0.2, -0.15) is 0 Å². The molecule has 3 aromatic carbocycles. The van der Waals surface area contributed by atoms with E-state index in [0.29, 0.717) is 12.0 Å². The zero-order chi connectivity index (χ0) is 25.1. The van der Waals surface area contributed by atoms with Crippen LogP contribution in [0, 0.1) is 5.82 Å². The summed E-state index contributed by atoms with van der Waals surface area (Å²) in [6.07, 6.45) is 4.47. The molecule has 1 amide bonds. The molecular formula is C30H31FN2O3. The fourth-order valence-corrected chi connectivity index (χ4v) is 5.43. The lowest BCUT2D eigenvalue weighted by Crippen LogP contribution is -2.38. The second kappa shape index (κ2) is 10.6. The zero-order valence-electron chi connectivity index (χ0n) is 20.3. The predicted octanol–water partition coefficient (Wildman–Crippen LogP) is 5.22. The Morgan fingerprint density at radius 2 is 1.58 bits per heavy atom. The maximum atomic E-state index is 13.2. The molecule has 1 aliphatic carbocycles. The smallest absolute Gasteiger partial charge is 0.338 e. The SMILES string of the molecule is NC(=O)C1c2ccc(CN3CCCCC3)cc2CCC1OC(=O)c1ccc(-c2ccc(F)cc2)cc1. The van der Waals surface area contributed by atoms with Gasteiger partial charge < -0.3 is 10.5 Å². The third-order valence-electron chi connectivity index (χ3n) is 7.33. The average Bonchev–Trinajstić information content (AvgIpc) is 2.89. The Balaban J connectivity index is 1.28. The summed E-state index contributed by atoms with van der Waals surface area (Å²) in [4.78, 5) is 27.9. The number of nitrogens with zero attached hydrogens (tertiary/aromatic N) is 1. The Morgan fingerprint density at radius 1 is 0.917 bits per heavy atom. The summed E-state index contributed by atoms with van der Waals surface area (Å²) in [5.74, 6) is -1.93. The Labute approximate surface area is 211 Å². The van der Waals surface area contributed by atoms with E-state index >= 15 is 0 Å². The lowest BCUT2D eigenvalue weighted by Gasteiger charge is -2.32. The molecule has 1 fully saturated rings. The Bertz CT molecular complexity index is 1230. The molecule has 1 aliphatic heterocycles. The van der Waals surface area contributed by atoms with Crippen LogP contribution in [-0.2, 0) is 22.5 Å². The summed E-state index contributed by atoms with van der Waals surface area (Å²) < 4.78 is 19.0. The van der Waals surface area contributed by atoms with Crippen molar-refractivity contribution in [3.8, 4) is 11.1 Å². The number of ether oxygens (including phenoxy) is 1. The van der Waals surface area contributed by atoms with Crippen LogP contribution in [0.3, 0.4) is 0 Å². The third kappa shape index (κ3) is 5.34. The van der Waals surface area contributed by atoms with Crippen LogP contribution in [-0.4, -0.2) is 36.0 Å². The number of hydrogen-bond donors (Lipinski definition) is 1. The molecule has 186 valence electrons. The molecule has 6 heteroatoms. The van der Waals surface area contributed by atoms with Crippen LogP contribution in [0.1, 0.15) is 58.6 Å². The summed E-state index contributed by atoms with van der Waals surface area (Å²) in [5.41, 5.74) is 11.1. The van der Waals surface area contributed by atoms with Gasteiger partial charge in [-0.1, -0.05) is 48.9 Å². The standard InChI is InChI=1S/C30H31FN2O3/c31-25-12-9-22(10-13-25)21-5-7-23(8-6-21)30(35)36-27-15-11-24-18-20(19-33-16-2-1-3-17-33)4-14-26(24)28(27)29(32)34/h4-10,12-14,18,27-28H,1-3,11,15-17,19H2,(H2,32,34). The Hall–Kier alpha value is -3.51. The van der Waals surface area contributed by atoms with E-state index in [4.69, 9.17) is 10.5 Å². The van der Waals surface area contributed by atoms with Crippen molar-refractivity contribution in [3.63, 3.8) is 0 Å². The minimum atomic E-state index is -0.666. The van der Waals surface area contributed by atoms with Crippen LogP contribution in [0.2, 0.25) is 0 Å². The van der Waals surface area contributed by atoms with E-state index in [-0.39, 0.29) is 5.82 Å². The molecule has 0 bridgehead atoms. The lowest BCUT2D eigenvalue weighted by molar-refractivity contribution is -0.122. The molecule has 1 heterocycles. The number of hydrogen-bond acceptors (Lipinski definition) is 4. The van der Waals surface area contributed by atoms with E-state index < -0.39 is 23.9 Å². The molecule has 2 N–H and O–H groups in total. The van der Waals surface area contributed by atoms with Gasteiger partial charge in [0.05, 0.1) is 11.5 Å². The lowest BCUT2D eigenvalue weighted by atomic mass is 9.79. The maximum absolute atomic E-state index is 13.2. The van der Waals surface area contributed by atoms with Crippen molar-refractivity contribution in [2.75, 3.05) is 13.1 Å². The van der Waals surface area contributed by atoms with Gasteiger partial charge in [0.2, 0.25) is 5.91 Å². The van der Waals surface area contributed by atoms with E-state index in [1.165, 1.54) is 37.0 Å². The monoisotopic (exact) mass is 486 g/mol. The molecule has 0 spiro atoms. The number of piperidine rings is 1. The molecule has 5 rings (SSSR count). The number of halogens is 1. The number of carbonyl (C=O) groups excluding carboxylic acids is 2. The van der Waals surface area contributed by atoms with E-state index in [1.54, 1.807) is 36.4 Å². The highest BCUT2D eigenvalue weighted by Crippen LogP contribution is 2.35. The largest absolute Gasteiger partial charge is 0.458 e. The zero-order valence-corrected chi connectivity index (χ0v) is 20.3. The predicted molar refractivity (Wildman–Crippen MR) is 137 cm³/mol. The van der Waals surface area contributed by atoms with Gasteiger partial charge in [-0.25, -0.2) is 9.18 Å². The van der Waals surface area contributed by atoms with Crippen molar-refractivity contribution < 1.29 is 18.7 Å². The number of fused-ring (bicyclic) bond motifs is 1. The number of carbonyl (C=O) groups is 2. The highest BCUT2D eigenvalue weighted by Gasteiger charge is 2.36. The number of amides is 1. The van der Waals surface area contributed by atoms with Crippen LogP contribution in [0.25, 0.3) is 11.1 Å². The molecule has 2 unspecified atom stereocenters. The molecule has 2 aliphatic rings. The summed E-state index contributed by atoms with van der Waals surface area (Å²) in [5, 5.41) is 0. The first-order valence-electron chi connectivity index (χ1n) is 12.7. The normalized spacial score (nSPS) is 19.9. The van der Waals surface area contributed by atoms with Crippen molar-refractivity contribution in [2.45, 2.75) is 50.7 Å². The molecule has 2 atom stereocenters. The highest BCUT2D eigenvalue weighted by molar-refractivity contribution is 5.91. The average molecular weight is 487 g/mol. The number of aryl methyl sites for hydroxylation is 1. The van der Waals surface area contributed by atoms with Gasteiger partial charge in [0.15, 0.2) is 0 Å². The number of nitrogens with two attached hydrogens (primary N) is 1. The van der Waals surface area contributed by atoms with E-state index in [0.717, 1.165) is 48.3 Å².